The van der Waals surface area contributed by atoms with Crippen LogP contribution in [0.25, 0.3) is 0 Å². The number of amides is 1. The van der Waals surface area contributed by atoms with Crippen LogP contribution in [0.3, 0.4) is 0 Å². The molecule has 0 bridgehead atoms. The van der Waals surface area contributed by atoms with Crippen LogP contribution in [0.2, 0.25) is 0 Å². The van der Waals surface area contributed by atoms with E-state index < -0.39 is 6.04 Å². The van der Waals surface area contributed by atoms with Crippen LogP contribution in [0.1, 0.15) is 54.6 Å². The van der Waals surface area contributed by atoms with Crippen LogP contribution in [0.15, 0.2) is 60.7 Å². The lowest BCUT2D eigenvalue weighted by molar-refractivity contribution is 0.0713. The van der Waals surface area contributed by atoms with Gasteiger partial charge >= 0.3 is 0 Å². The second-order valence-electron chi connectivity index (χ2n) is 5.87. The average molecular weight is 320 g/mol. The molecular weight excluding hydrogens is 296 g/mol. The number of carbonyl (C=O) groups excluding carboxylic acids is 1. The summed E-state index contributed by atoms with van der Waals surface area (Å²) in [6.07, 6.45) is 4.28. The number of nitriles is 1. The number of hydrogen-bond donors (Lipinski definition) is 0. The Morgan fingerprint density at radius 3 is 2.21 bits per heavy atom. The summed E-state index contributed by atoms with van der Waals surface area (Å²) in [6, 6.07) is 20.5. The minimum atomic E-state index is -0.555. The molecule has 1 amide bonds. The lowest BCUT2D eigenvalue weighted by Crippen LogP contribution is -2.35. The summed E-state index contributed by atoms with van der Waals surface area (Å²) in [5.41, 5.74) is 1.49. The highest BCUT2D eigenvalue weighted by molar-refractivity contribution is 5.94. The van der Waals surface area contributed by atoms with Gasteiger partial charge in [0, 0.05) is 12.1 Å². The maximum absolute atomic E-state index is 13.0. The summed E-state index contributed by atoms with van der Waals surface area (Å²) in [5, 5.41) is 9.70. The Bertz CT molecular complexity index is 661. The Kier molecular flexibility index (Phi) is 7.04. The second kappa shape index (κ2) is 9.52. The van der Waals surface area contributed by atoms with Gasteiger partial charge in [-0.2, -0.15) is 5.26 Å². The summed E-state index contributed by atoms with van der Waals surface area (Å²) in [5.74, 6) is -0.0810. The standard InChI is InChI=1S/C21H24N2O/c1-2-3-4-11-16-23(21(24)19-14-9-6-10-15-19)20(17-22)18-12-7-5-8-13-18/h5-10,12-15,20H,2-4,11,16H2,1H3. The lowest BCUT2D eigenvalue weighted by atomic mass is 10.0. The molecule has 3 heteroatoms. The minimum Gasteiger partial charge on any atom is -0.319 e. The Morgan fingerprint density at radius 2 is 1.62 bits per heavy atom. The molecule has 1 unspecified atom stereocenters. The maximum atomic E-state index is 13.0. The first-order chi connectivity index (χ1) is 11.8. The zero-order valence-corrected chi connectivity index (χ0v) is 14.2. The molecule has 0 radical (unpaired) electrons. The van der Waals surface area contributed by atoms with E-state index in [1.54, 1.807) is 17.0 Å². The van der Waals surface area contributed by atoms with Crippen LogP contribution in [0, 0.1) is 11.3 Å². The molecule has 124 valence electrons. The smallest absolute Gasteiger partial charge is 0.255 e. The van der Waals surface area contributed by atoms with Gasteiger partial charge in [-0.3, -0.25) is 4.79 Å². The molecule has 0 aliphatic rings. The summed E-state index contributed by atoms with van der Waals surface area (Å²) >= 11 is 0. The van der Waals surface area contributed by atoms with Crippen molar-refractivity contribution in [2.75, 3.05) is 6.54 Å². The van der Waals surface area contributed by atoms with E-state index in [1.165, 1.54) is 0 Å². The van der Waals surface area contributed by atoms with Gasteiger partial charge in [0.05, 0.1) is 6.07 Å². The molecule has 24 heavy (non-hydrogen) atoms. The lowest BCUT2D eigenvalue weighted by Gasteiger charge is -2.28. The monoisotopic (exact) mass is 320 g/mol. The number of hydrogen-bond acceptors (Lipinski definition) is 2. The molecule has 0 fully saturated rings. The highest BCUT2D eigenvalue weighted by Crippen LogP contribution is 2.23. The zero-order valence-electron chi connectivity index (χ0n) is 14.2. The Balaban J connectivity index is 2.24. The Labute approximate surface area is 144 Å². The highest BCUT2D eigenvalue weighted by Gasteiger charge is 2.25. The molecule has 0 saturated carbocycles. The van der Waals surface area contributed by atoms with Crippen molar-refractivity contribution in [1.29, 1.82) is 5.26 Å². The first-order valence-electron chi connectivity index (χ1n) is 8.58. The fourth-order valence-electron chi connectivity index (χ4n) is 2.76. The summed E-state index contributed by atoms with van der Waals surface area (Å²) < 4.78 is 0. The van der Waals surface area contributed by atoms with Crippen LogP contribution in [-0.2, 0) is 0 Å². The first kappa shape index (κ1) is 17.7. The third kappa shape index (κ3) is 4.70. The van der Waals surface area contributed by atoms with Crippen LogP contribution in [0.5, 0.6) is 0 Å². The fraction of sp³-hybridized carbons (Fsp3) is 0.333. The van der Waals surface area contributed by atoms with Crippen molar-refractivity contribution in [2.45, 2.75) is 38.6 Å². The van der Waals surface area contributed by atoms with E-state index in [1.807, 2.05) is 48.5 Å². The van der Waals surface area contributed by atoms with Crippen molar-refractivity contribution >= 4 is 5.91 Å². The van der Waals surface area contributed by atoms with Crippen molar-refractivity contribution in [3.63, 3.8) is 0 Å². The van der Waals surface area contributed by atoms with E-state index in [-0.39, 0.29) is 5.91 Å². The summed E-state index contributed by atoms with van der Waals surface area (Å²) in [7, 11) is 0. The molecular formula is C21H24N2O. The Morgan fingerprint density at radius 1 is 1.00 bits per heavy atom. The molecule has 2 aromatic carbocycles. The molecule has 3 nitrogen and oxygen atoms in total. The van der Waals surface area contributed by atoms with Crippen LogP contribution >= 0.6 is 0 Å². The van der Waals surface area contributed by atoms with Gasteiger partial charge in [-0.1, -0.05) is 74.7 Å². The fourth-order valence-corrected chi connectivity index (χ4v) is 2.76. The van der Waals surface area contributed by atoms with Crippen molar-refractivity contribution in [1.82, 2.24) is 4.90 Å². The van der Waals surface area contributed by atoms with Crippen LogP contribution in [0.4, 0.5) is 0 Å². The van der Waals surface area contributed by atoms with E-state index >= 15 is 0 Å². The second-order valence-corrected chi connectivity index (χ2v) is 5.87. The minimum absolute atomic E-state index is 0.0810. The van der Waals surface area contributed by atoms with Gasteiger partial charge in [0.1, 0.15) is 6.04 Å². The molecule has 0 aromatic heterocycles. The van der Waals surface area contributed by atoms with Gasteiger partial charge in [0.25, 0.3) is 5.91 Å². The molecule has 2 aromatic rings. The molecule has 0 heterocycles. The van der Waals surface area contributed by atoms with Crippen LogP contribution in [-0.4, -0.2) is 17.4 Å². The molecule has 0 aliphatic carbocycles. The summed E-state index contributed by atoms with van der Waals surface area (Å²) in [6.45, 7) is 2.76. The van der Waals surface area contributed by atoms with Crippen molar-refractivity contribution in [3.8, 4) is 6.07 Å². The van der Waals surface area contributed by atoms with Gasteiger partial charge < -0.3 is 4.90 Å². The van der Waals surface area contributed by atoms with Gasteiger partial charge in [-0.25, -0.2) is 0 Å². The van der Waals surface area contributed by atoms with E-state index in [9.17, 15) is 10.1 Å². The molecule has 1 atom stereocenters. The number of rotatable bonds is 8. The molecule has 2 rings (SSSR count). The topological polar surface area (TPSA) is 44.1 Å². The van der Waals surface area contributed by atoms with E-state index in [0.29, 0.717) is 12.1 Å². The third-order valence-corrected chi connectivity index (χ3v) is 4.08. The van der Waals surface area contributed by atoms with Gasteiger partial charge in [-0.15, -0.1) is 0 Å². The first-order valence-corrected chi connectivity index (χ1v) is 8.58. The third-order valence-electron chi connectivity index (χ3n) is 4.08. The Hall–Kier alpha value is -2.60. The SMILES string of the molecule is CCCCCCN(C(=O)c1ccccc1)C(C#N)c1ccccc1. The van der Waals surface area contributed by atoms with Crippen LogP contribution < -0.4 is 0 Å². The maximum Gasteiger partial charge on any atom is 0.255 e. The van der Waals surface area contributed by atoms with E-state index in [2.05, 4.69) is 13.0 Å². The molecule has 0 spiro atoms. The van der Waals surface area contributed by atoms with Crippen molar-refractivity contribution in [2.24, 2.45) is 0 Å². The number of carbonyl (C=O) groups is 1. The number of benzene rings is 2. The van der Waals surface area contributed by atoms with Gasteiger partial charge in [-0.05, 0) is 24.1 Å². The predicted molar refractivity (Wildman–Crippen MR) is 96.4 cm³/mol. The molecule has 0 N–H and O–H groups in total. The van der Waals surface area contributed by atoms with Gasteiger partial charge in [0.2, 0.25) is 0 Å². The van der Waals surface area contributed by atoms with Crippen molar-refractivity contribution in [3.05, 3.63) is 71.8 Å². The van der Waals surface area contributed by atoms with Gasteiger partial charge in [0.15, 0.2) is 0 Å². The largest absolute Gasteiger partial charge is 0.319 e. The average Bonchev–Trinajstić information content (AvgIpc) is 2.65. The highest BCUT2D eigenvalue weighted by atomic mass is 16.2. The van der Waals surface area contributed by atoms with E-state index in [0.717, 1.165) is 31.2 Å². The van der Waals surface area contributed by atoms with Crippen molar-refractivity contribution < 1.29 is 4.79 Å². The quantitative estimate of drug-likeness (QED) is 0.644. The summed E-state index contributed by atoms with van der Waals surface area (Å²) in [4.78, 5) is 14.7. The number of nitrogens with zero attached hydrogens (tertiary/aromatic N) is 2. The van der Waals surface area contributed by atoms with E-state index in [4.69, 9.17) is 0 Å². The molecule has 0 aliphatic heterocycles. The predicted octanol–water partition coefficient (Wildman–Crippen LogP) is 4.97. The zero-order chi connectivity index (χ0) is 17.2. The normalized spacial score (nSPS) is 11.5. The molecule has 0 saturated heterocycles. The number of unbranched alkanes of at least 4 members (excludes halogenated alkanes) is 3.